The molecule has 0 aliphatic carbocycles. The summed E-state index contributed by atoms with van der Waals surface area (Å²) in [6.45, 7) is 0. The molecule has 0 unspecified atom stereocenters. The molecule has 3 atom stereocenters. The fourth-order valence-electron chi connectivity index (χ4n) is 3.22. The molecule has 3 aromatic rings. The predicted molar refractivity (Wildman–Crippen MR) is 119 cm³/mol. The first kappa shape index (κ1) is 23.7. The van der Waals surface area contributed by atoms with Gasteiger partial charge in [-0.2, -0.15) is 0 Å². The first-order valence-electron chi connectivity index (χ1n) is 10.2. The Kier molecular flexibility index (Phi) is 8.32. The lowest BCUT2D eigenvalue weighted by Gasteiger charge is -2.23. The van der Waals surface area contributed by atoms with Crippen LogP contribution in [0.3, 0.4) is 0 Å². The van der Waals surface area contributed by atoms with Crippen LogP contribution in [0.15, 0.2) is 91.0 Å². The molecule has 170 valence electrons. The Hall–Kier alpha value is -3.97. The van der Waals surface area contributed by atoms with Crippen LogP contribution in [-0.2, 0) is 33.3 Å². The number of hydrogen-bond donors (Lipinski definition) is 0. The molecule has 0 amide bonds. The van der Waals surface area contributed by atoms with E-state index in [4.69, 9.17) is 18.9 Å². The summed E-state index contributed by atoms with van der Waals surface area (Å²) in [5, 5.41) is 0. The number of hydrogen-bond acceptors (Lipinski definition) is 7. The lowest BCUT2D eigenvalue weighted by atomic mass is 10.1. The SMILES string of the molecule is COC(=O)[C@@H](OC(=O)[C@@H](OC(=O)[C@@H](OC)c1ccccc1)c1ccccc1)c1ccccc1. The predicted octanol–water partition coefficient (Wildman–Crippen LogP) is 4.12. The second kappa shape index (κ2) is 11.6. The molecule has 0 aliphatic heterocycles. The Labute approximate surface area is 191 Å². The van der Waals surface area contributed by atoms with Crippen LogP contribution in [0.2, 0.25) is 0 Å². The normalized spacial score (nSPS) is 13.3. The summed E-state index contributed by atoms with van der Waals surface area (Å²) in [4.78, 5) is 38.5. The molecule has 0 bridgehead atoms. The van der Waals surface area contributed by atoms with Crippen molar-refractivity contribution in [1.29, 1.82) is 0 Å². The number of carbonyl (C=O) groups excluding carboxylic acids is 3. The van der Waals surface area contributed by atoms with E-state index in [9.17, 15) is 14.4 Å². The van der Waals surface area contributed by atoms with Crippen molar-refractivity contribution in [3.8, 4) is 0 Å². The molecule has 0 N–H and O–H groups in total. The van der Waals surface area contributed by atoms with Crippen LogP contribution < -0.4 is 0 Å². The second-order valence-corrected chi connectivity index (χ2v) is 7.00. The Bertz CT molecular complexity index is 1050. The number of esters is 3. The zero-order valence-electron chi connectivity index (χ0n) is 18.3. The average molecular weight is 448 g/mol. The number of rotatable bonds is 9. The zero-order valence-corrected chi connectivity index (χ0v) is 18.3. The third kappa shape index (κ3) is 6.05. The van der Waals surface area contributed by atoms with Crippen molar-refractivity contribution in [1.82, 2.24) is 0 Å². The fourth-order valence-corrected chi connectivity index (χ4v) is 3.22. The third-order valence-electron chi connectivity index (χ3n) is 4.85. The van der Waals surface area contributed by atoms with Crippen LogP contribution >= 0.6 is 0 Å². The van der Waals surface area contributed by atoms with Crippen molar-refractivity contribution in [2.45, 2.75) is 18.3 Å². The van der Waals surface area contributed by atoms with Crippen molar-refractivity contribution >= 4 is 17.9 Å². The molecular weight excluding hydrogens is 424 g/mol. The number of methoxy groups -OCH3 is 2. The minimum Gasteiger partial charge on any atom is -0.466 e. The van der Waals surface area contributed by atoms with Gasteiger partial charge in [0, 0.05) is 18.2 Å². The molecule has 7 heteroatoms. The summed E-state index contributed by atoms with van der Waals surface area (Å²) in [7, 11) is 2.57. The van der Waals surface area contributed by atoms with Gasteiger partial charge >= 0.3 is 17.9 Å². The summed E-state index contributed by atoms with van der Waals surface area (Å²) < 4.78 is 21.2. The van der Waals surface area contributed by atoms with Crippen molar-refractivity contribution < 1.29 is 33.3 Å². The number of benzene rings is 3. The van der Waals surface area contributed by atoms with Gasteiger partial charge in [0.1, 0.15) is 0 Å². The van der Waals surface area contributed by atoms with Crippen LogP contribution in [0.25, 0.3) is 0 Å². The molecular formula is C26H24O7. The van der Waals surface area contributed by atoms with E-state index < -0.39 is 36.2 Å². The van der Waals surface area contributed by atoms with E-state index in [-0.39, 0.29) is 0 Å². The van der Waals surface area contributed by atoms with E-state index in [2.05, 4.69) is 0 Å². The highest BCUT2D eigenvalue weighted by Crippen LogP contribution is 2.28. The van der Waals surface area contributed by atoms with Crippen molar-refractivity contribution in [2.24, 2.45) is 0 Å². The zero-order chi connectivity index (χ0) is 23.6. The van der Waals surface area contributed by atoms with Crippen LogP contribution in [0.1, 0.15) is 35.0 Å². The summed E-state index contributed by atoms with van der Waals surface area (Å²) in [6.07, 6.45) is -3.78. The van der Waals surface area contributed by atoms with E-state index in [1.54, 1.807) is 84.9 Å². The maximum atomic E-state index is 13.2. The highest BCUT2D eigenvalue weighted by Gasteiger charge is 2.35. The summed E-state index contributed by atoms with van der Waals surface area (Å²) >= 11 is 0. The van der Waals surface area contributed by atoms with Gasteiger partial charge in [0.15, 0.2) is 6.10 Å². The monoisotopic (exact) mass is 448 g/mol. The maximum absolute atomic E-state index is 13.2. The van der Waals surface area contributed by atoms with Gasteiger partial charge in [0.05, 0.1) is 7.11 Å². The molecule has 0 spiro atoms. The first-order valence-corrected chi connectivity index (χ1v) is 10.2. The number of ether oxygens (including phenoxy) is 4. The lowest BCUT2D eigenvalue weighted by molar-refractivity contribution is -0.182. The van der Waals surface area contributed by atoms with E-state index in [1.165, 1.54) is 14.2 Å². The Morgan fingerprint density at radius 1 is 0.515 bits per heavy atom. The van der Waals surface area contributed by atoms with E-state index in [1.807, 2.05) is 6.07 Å². The van der Waals surface area contributed by atoms with Gasteiger partial charge in [0.2, 0.25) is 12.2 Å². The van der Waals surface area contributed by atoms with E-state index in [0.717, 1.165) is 0 Å². The van der Waals surface area contributed by atoms with Crippen molar-refractivity contribution in [3.63, 3.8) is 0 Å². The highest BCUT2D eigenvalue weighted by molar-refractivity contribution is 5.86. The molecule has 0 aromatic heterocycles. The average Bonchev–Trinajstić information content (AvgIpc) is 2.87. The molecule has 0 saturated heterocycles. The Balaban J connectivity index is 1.88. The van der Waals surface area contributed by atoms with Gasteiger partial charge in [-0.3, -0.25) is 0 Å². The molecule has 3 aromatic carbocycles. The molecule has 33 heavy (non-hydrogen) atoms. The smallest absolute Gasteiger partial charge is 0.353 e. The minimum atomic E-state index is -1.42. The van der Waals surface area contributed by atoms with Crippen LogP contribution in [-0.4, -0.2) is 32.1 Å². The van der Waals surface area contributed by atoms with Gasteiger partial charge in [-0.25, -0.2) is 14.4 Å². The topological polar surface area (TPSA) is 88.1 Å². The van der Waals surface area contributed by atoms with Gasteiger partial charge in [-0.1, -0.05) is 91.0 Å². The maximum Gasteiger partial charge on any atom is 0.353 e. The van der Waals surface area contributed by atoms with Crippen LogP contribution in [0, 0.1) is 0 Å². The van der Waals surface area contributed by atoms with E-state index in [0.29, 0.717) is 16.7 Å². The Morgan fingerprint density at radius 3 is 1.21 bits per heavy atom. The second-order valence-electron chi connectivity index (χ2n) is 7.00. The van der Waals surface area contributed by atoms with E-state index >= 15 is 0 Å². The van der Waals surface area contributed by atoms with Crippen molar-refractivity contribution in [2.75, 3.05) is 14.2 Å². The minimum absolute atomic E-state index is 0.385. The fraction of sp³-hybridized carbons (Fsp3) is 0.192. The lowest BCUT2D eigenvalue weighted by Crippen LogP contribution is -2.29. The summed E-state index contributed by atoms with van der Waals surface area (Å²) in [5.74, 6) is -2.45. The van der Waals surface area contributed by atoms with Crippen molar-refractivity contribution in [3.05, 3.63) is 108 Å². The first-order chi connectivity index (χ1) is 16.0. The third-order valence-corrected chi connectivity index (χ3v) is 4.85. The molecule has 3 rings (SSSR count). The molecule has 0 aliphatic rings. The summed E-state index contributed by atoms with van der Waals surface area (Å²) in [5.41, 5.74) is 1.38. The number of carbonyl (C=O) groups is 3. The van der Waals surface area contributed by atoms with Gasteiger partial charge in [-0.05, 0) is 5.56 Å². The summed E-state index contributed by atoms with van der Waals surface area (Å²) in [6, 6.07) is 25.6. The Morgan fingerprint density at radius 2 is 0.848 bits per heavy atom. The van der Waals surface area contributed by atoms with Crippen LogP contribution in [0.4, 0.5) is 0 Å². The standard InChI is InChI=1S/C26H24O7/c1-30-21(18-12-6-3-7-13-18)25(28)33-23(20-16-10-5-11-17-20)26(29)32-22(24(27)31-2)19-14-8-4-9-15-19/h3-17,21-23H,1-2H3/t21-,22-,23-/m0/s1. The molecule has 0 heterocycles. The molecule has 0 fully saturated rings. The molecule has 7 nitrogen and oxygen atoms in total. The van der Waals surface area contributed by atoms with Gasteiger partial charge < -0.3 is 18.9 Å². The van der Waals surface area contributed by atoms with Crippen LogP contribution in [0.5, 0.6) is 0 Å². The largest absolute Gasteiger partial charge is 0.466 e. The molecule has 0 saturated carbocycles. The quantitative estimate of drug-likeness (QED) is 0.359. The van der Waals surface area contributed by atoms with Gasteiger partial charge in [0.25, 0.3) is 0 Å². The molecule has 0 radical (unpaired) electrons. The van der Waals surface area contributed by atoms with Gasteiger partial charge in [-0.15, -0.1) is 0 Å². The highest BCUT2D eigenvalue weighted by atomic mass is 16.6.